The second-order valence-electron chi connectivity index (χ2n) is 4.84. The Morgan fingerprint density at radius 2 is 2.05 bits per heavy atom. The van der Waals surface area contributed by atoms with Crippen molar-refractivity contribution in [2.24, 2.45) is 0 Å². The molecule has 7 heteroatoms. The molecule has 0 saturated carbocycles. The van der Waals surface area contributed by atoms with E-state index in [1.54, 1.807) is 39.0 Å². The molecule has 0 aliphatic carbocycles. The first-order valence-corrected chi connectivity index (χ1v) is 6.85. The van der Waals surface area contributed by atoms with Gasteiger partial charge < -0.3 is 15.4 Å². The highest BCUT2D eigenvalue weighted by Crippen LogP contribution is 2.35. The van der Waals surface area contributed by atoms with E-state index in [1.807, 2.05) is 6.92 Å². The molecule has 0 aromatic heterocycles. The molecule has 0 aliphatic rings. The van der Waals surface area contributed by atoms with Crippen LogP contribution >= 0.6 is 0 Å². The van der Waals surface area contributed by atoms with Crippen LogP contribution in [0.15, 0.2) is 18.2 Å². The lowest BCUT2D eigenvalue weighted by Gasteiger charge is -2.16. The summed E-state index contributed by atoms with van der Waals surface area (Å²) in [5.41, 5.74) is 0.0965. The van der Waals surface area contributed by atoms with Crippen molar-refractivity contribution in [2.75, 3.05) is 11.9 Å². The van der Waals surface area contributed by atoms with Crippen molar-refractivity contribution in [3.05, 3.63) is 28.3 Å². The van der Waals surface area contributed by atoms with Gasteiger partial charge in [-0.05, 0) is 39.8 Å². The molecule has 0 saturated heterocycles. The lowest BCUT2D eigenvalue weighted by atomic mass is 10.2. The van der Waals surface area contributed by atoms with Crippen LogP contribution in [0.25, 0.3) is 0 Å². The molecule has 0 heterocycles. The van der Waals surface area contributed by atoms with Crippen molar-refractivity contribution < 1.29 is 14.5 Å². The number of anilines is 1. The van der Waals surface area contributed by atoms with Crippen LogP contribution in [-0.4, -0.2) is 29.5 Å². The average molecular weight is 295 g/mol. The van der Waals surface area contributed by atoms with Gasteiger partial charge in [0.1, 0.15) is 11.7 Å². The zero-order valence-electron chi connectivity index (χ0n) is 12.7. The van der Waals surface area contributed by atoms with Gasteiger partial charge in [-0.25, -0.2) is 0 Å². The van der Waals surface area contributed by atoms with Crippen LogP contribution in [0.3, 0.4) is 0 Å². The van der Waals surface area contributed by atoms with E-state index in [1.165, 1.54) is 0 Å². The molecule has 1 aromatic rings. The number of carbonyl (C=O) groups is 1. The van der Waals surface area contributed by atoms with Crippen LogP contribution < -0.4 is 15.4 Å². The number of benzene rings is 1. The molecule has 7 nitrogen and oxygen atoms in total. The molecule has 116 valence electrons. The Kier molecular flexibility index (Phi) is 5.95. The van der Waals surface area contributed by atoms with Crippen molar-refractivity contribution in [3.63, 3.8) is 0 Å². The Morgan fingerprint density at radius 3 is 2.57 bits per heavy atom. The number of carbonyl (C=O) groups excluding carboxylic acids is 1. The molecule has 1 rings (SSSR count). The van der Waals surface area contributed by atoms with Gasteiger partial charge in [-0.2, -0.15) is 0 Å². The number of nitrogens with one attached hydrogen (secondary N) is 2. The van der Waals surface area contributed by atoms with Gasteiger partial charge in [0.25, 0.3) is 0 Å². The fourth-order valence-electron chi connectivity index (χ4n) is 1.80. The third kappa shape index (κ3) is 4.62. The van der Waals surface area contributed by atoms with E-state index >= 15 is 0 Å². The van der Waals surface area contributed by atoms with Gasteiger partial charge in [-0.3, -0.25) is 14.9 Å². The van der Waals surface area contributed by atoms with E-state index in [4.69, 9.17) is 4.74 Å². The van der Waals surface area contributed by atoms with Gasteiger partial charge in [0.05, 0.1) is 11.0 Å². The third-order valence-electron chi connectivity index (χ3n) is 2.66. The summed E-state index contributed by atoms with van der Waals surface area (Å²) in [7, 11) is 0. The molecule has 21 heavy (non-hydrogen) atoms. The molecule has 0 fully saturated rings. The summed E-state index contributed by atoms with van der Waals surface area (Å²) in [6, 6.07) is 4.16. The van der Waals surface area contributed by atoms with Crippen LogP contribution in [0.5, 0.6) is 5.75 Å². The zero-order valence-corrected chi connectivity index (χ0v) is 12.7. The second-order valence-corrected chi connectivity index (χ2v) is 4.84. The SMILES string of the molecule is CCNC(=O)C(C)Nc1cccc(OC(C)C)c1[N+](=O)[O-]. The van der Waals surface area contributed by atoms with E-state index in [9.17, 15) is 14.9 Å². The van der Waals surface area contributed by atoms with Crippen molar-refractivity contribution in [3.8, 4) is 5.75 Å². The van der Waals surface area contributed by atoms with Crippen molar-refractivity contribution in [2.45, 2.75) is 39.8 Å². The number of nitro benzene ring substituents is 1. The molecular weight excluding hydrogens is 274 g/mol. The maximum Gasteiger partial charge on any atom is 0.333 e. The number of rotatable bonds is 7. The summed E-state index contributed by atoms with van der Waals surface area (Å²) in [6.45, 7) is 7.54. The van der Waals surface area contributed by atoms with Gasteiger partial charge in [0.15, 0.2) is 5.75 Å². The van der Waals surface area contributed by atoms with E-state index in [-0.39, 0.29) is 29.1 Å². The van der Waals surface area contributed by atoms with Gasteiger partial charge in [-0.15, -0.1) is 0 Å². The lowest BCUT2D eigenvalue weighted by Crippen LogP contribution is -2.37. The first kappa shape index (κ1) is 16.7. The number of para-hydroxylation sites is 1. The highest BCUT2D eigenvalue weighted by Gasteiger charge is 2.24. The van der Waals surface area contributed by atoms with Crippen LogP contribution in [-0.2, 0) is 4.79 Å². The van der Waals surface area contributed by atoms with Gasteiger partial charge in [-0.1, -0.05) is 6.07 Å². The smallest absolute Gasteiger partial charge is 0.333 e. The molecule has 1 amide bonds. The molecular formula is C14H21N3O4. The number of nitrogens with zero attached hydrogens (tertiary/aromatic N) is 1. The molecule has 0 radical (unpaired) electrons. The maximum atomic E-state index is 11.7. The van der Waals surface area contributed by atoms with E-state index < -0.39 is 11.0 Å². The minimum Gasteiger partial charge on any atom is -0.484 e. The Balaban J connectivity index is 3.06. The predicted molar refractivity (Wildman–Crippen MR) is 80.6 cm³/mol. The second kappa shape index (κ2) is 7.47. The Bertz CT molecular complexity index is 517. The summed E-state index contributed by atoms with van der Waals surface area (Å²) < 4.78 is 5.45. The number of hydrogen-bond donors (Lipinski definition) is 2. The summed E-state index contributed by atoms with van der Waals surface area (Å²) in [5.74, 6) is -0.0370. The minimum atomic E-state index is -0.585. The number of ether oxygens (including phenoxy) is 1. The van der Waals surface area contributed by atoms with Gasteiger partial charge in [0.2, 0.25) is 5.91 Å². The number of hydrogen-bond acceptors (Lipinski definition) is 5. The predicted octanol–water partition coefficient (Wildman–Crippen LogP) is 2.32. The van der Waals surface area contributed by atoms with Crippen molar-refractivity contribution in [1.29, 1.82) is 0 Å². The summed E-state index contributed by atoms with van der Waals surface area (Å²) in [5, 5.41) is 16.8. The fraction of sp³-hybridized carbons (Fsp3) is 0.500. The molecule has 0 bridgehead atoms. The largest absolute Gasteiger partial charge is 0.484 e. The first-order valence-electron chi connectivity index (χ1n) is 6.85. The number of nitro groups is 1. The zero-order chi connectivity index (χ0) is 16.0. The monoisotopic (exact) mass is 295 g/mol. The molecule has 0 aliphatic heterocycles. The van der Waals surface area contributed by atoms with Gasteiger partial charge in [0, 0.05) is 6.54 Å². The summed E-state index contributed by atoms with van der Waals surface area (Å²) >= 11 is 0. The normalized spacial score (nSPS) is 11.9. The van der Waals surface area contributed by atoms with Crippen LogP contribution in [0.2, 0.25) is 0 Å². The summed E-state index contributed by atoms with van der Waals surface area (Å²) in [4.78, 5) is 22.5. The fourth-order valence-corrected chi connectivity index (χ4v) is 1.80. The molecule has 2 N–H and O–H groups in total. The lowest BCUT2D eigenvalue weighted by molar-refractivity contribution is -0.385. The standard InChI is InChI=1S/C14H21N3O4/c1-5-15-14(18)10(4)16-11-7-6-8-12(21-9(2)3)13(11)17(19)20/h6-10,16H,5H2,1-4H3,(H,15,18). The molecule has 1 unspecified atom stereocenters. The Morgan fingerprint density at radius 1 is 1.38 bits per heavy atom. The average Bonchev–Trinajstić information content (AvgIpc) is 2.37. The summed E-state index contributed by atoms with van der Waals surface area (Å²) in [6.07, 6.45) is -0.181. The molecule has 1 atom stereocenters. The first-order chi connectivity index (χ1) is 9.86. The number of amides is 1. The van der Waals surface area contributed by atoms with Gasteiger partial charge >= 0.3 is 5.69 Å². The van der Waals surface area contributed by atoms with E-state index in [0.29, 0.717) is 6.54 Å². The highest BCUT2D eigenvalue weighted by molar-refractivity contribution is 5.85. The molecule has 1 aromatic carbocycles. The molecule has 0 spiro atoms. The quantitative estimate of drug-likeness (QED) is 0.594. The minimum absolute atomic E-state index is 0.164. The maximum absolute atomic E-state index is 11.7. The topological polar surface area (TPSA) is 93.5 Å². The highest BCUT2D eigenvalue weighted by atomic mass is 16.6. The van der Waals surface area contributed by atoms with E-state index in [2.05, 4.69) is 10.6 Å². The Hall–Kier alpha value is -2.31. The van der Waals surface area contributed by atoms with Crippen LogP contribution in [0.4, 0.5) is 11.4 Å². The van der Waals surface area contributed by atoms with Crippen molar-refractivity contribution >= 4 is 17.3 Å². The van der Waals surface area contributed by atoms with E-state index in [0.717, 1.165) is 0 Å². The third-order valence-corrected chi connectivity index (χ3v) is 2.66. The van der Waals surface area contributed by atoms with Crippen LogP contribution in [0, 0.1) is 10.1 Å². The van der Waals surface area contributed by atoms with Crippen molar-refractivity contribution in [1.82, 2.24) is 5.32 Å². The van der Waals surface area contributed by atoms with Crippen LogP contribution in [0.1, 0.15) is 27.7 Å². The Labute approximate surface area is 123 Å². The number of likely N-dealkylation sites (N-methyl/N-ethyl adjacent to an activating group) is 1.